The molecule has 0 aliphatic carbocycles. The fraction of sp³-hybridized carbons (Fsp3) is 0.130. The van der Waals surface area contributed by atoms with Crippen molar-refractivity contribution in [3.05, 3.63) is 97.8 Å². The highest BCUT2D eigenvalue weighted by Crippen LogP contribution is 2.29. The average molecular weight is 508 g/mol. The maximum absolute atomic E-state index is 13.0. The summed E-state index contributed by atoms with van der Waals surface area (Å²) in [4.78, 5) is 13.0. The van der Waals surface area contributed by atoms with Crippen LogP contribution in [0.1, 0.15) is 21.6 Å². The van der Waals surface area contributed by atoms with Crippen LogP contribution < -0.4 is 5.32 Å². The van der Waals surface area contributed by atoms with E-state index in [1.807, 2.05) is 42.1 Å². The zero-order valence-electron chi connectivity index (χ0n) is 16.9. The number of hydrogen-bond donors (Lipinski definition) is 1. The quantitative estimate of drug-likeness (QED) is 0.321. The first-order valence-electron chi connectivity index (χ1n) is 9.75. The summed E-state index contributed by atoms with van der Waals surface area (Å²) in [6.45, 7) is 2.25. The van der Waals surface area contributed by atoms with Crippen molar-refractivity contribution in [1.29, 1.82) is 0 Å². The third kappa shape index (κ3) is 4.66. The van der Waals surface area contributed by atoms with Gasteiger partial charge in [-0.15, -0.1) is 0 Å². The number of rotatable bonds is 6. The molecule has 4 aromatic rings. The van der Waals surface area contributed by atoms with E-state index in [0.29, 0.717) is 55.8 Å². The summed E-state index contributed by atoms with van der Waals surface area (Å²) < 4.78 is 3.54. The number of nitrogens with one attached hydrogen (secondary N) is 1. The Morgan fingerprint density at radius 3 is 2.28 bits per heavy atom. The molecule has 0 spiro atoms. The van der Waals surface area contributed by atoms with Crippen LogP contribution >= 0.6 is 46.4 Å². The van der Waals surface area contributed by atoms with Crippen LogP contribution in [0.2, 0.25) is 20.1 Å². The largest absolute Gasteiger partial charge is 0.350 e. The number of carbonyl (C=O) groups excluding carboxylic acids is 1. The predicted octanol–water partition coefficient (Wildman–Crippen LogP) is 6.56. The number of aromatic nitrogens is 3. The van der Waals surface area contributed by atoms with Crippen molar-refractivity contribution >= 4 is 52.3 Å². The van der Waals surface area contributed by atoms with E-state index in [9.17, 15) is 4.79 Å². The predicted molar refractivity (Wildman–Crippen MR) is 130 cm³/mol. The molecule has 0 aliphatic heterocycles. The van der Waals surface area contributed by atoms with Crippen LogP contribution in [0.4, 0.5) is 0 Å². The summed E-state index contributed by atoms with van der Waals surface area (Å²) in [6, 6.07) is 14.3. The first-order valence-corrected chi connectivity index (χ1v) is 11.3. The van der Waals surface area contributed by atoms with Crippen molar-refractivity contribution in [2.24, 2.45) is 0 Å². The average Bonchev–Trinajstić information content (AvgIpc) is 3.37. The van der Waals surface area contributed by atoms with Gasteiger partial charge in [-0.2, -0.15) is 5.10 Å². The summed E-state index contributed by atoms with van der Waals surface area (Å²) in [6.07, 6.45) is 4.33. The zero-order chi connectivity index (χ0) is 22.8. The Morgan fingerprint density at radius 2 is 1.62 bits per heavy atom. The number of nitrogens with zero attached hydrogens (tertiary/aromatic N) is 3. The molecule has 2 heterocycles. The number of hydrogen-bond acceptors (Lipinski definition) is 2. The molecule has 0 saturated carbocycles. The molecule has 2 aromatic carbocycles. The molecule has 5 nitrogen and oxygen atoms in total. The Kier molecular flexibility index (Phi) is 6.82. The second-order valence-corrected chi connectivity index (χ2v) is 8.82. The fourth-order valence-electron chi connectivity index (χ4n) is 3.42. The molecule has 32 heavy (non-hydrogen) atoms. The molecule has 1 amide bonds. The minimum absolute atomic E-state index is 0.287. The molecule has 4 rings (SSSR count). The standard InChI is InChI=1S/C23H18Cl4N4O/c1-14-21(22(32)28-9-8-15-4-5-16(24)12-18(15)26)29-31(23(14)30-10-2-3-11-30)20-7-6-17(25)13-19(20)27/h2-7,10-13H,8-9H2,1H3,(H,28,32). The van der Waals surface area contributed by atoms with Crippen molar-refractivity contribution < 1.29 is 4.79 Å². The highest BCUT2D eigenvalue weighted by Gasteiger charge is 2.23. The second kappa shape index (κ2) is 9.59. The van der Waals surface area contributed by atoms with Crippen LogP contribution in [-0.2, 0) is 6.42 Å². The summed E-state index contributed by atoms with van der Waals surface area (Å²) in [5.74, 6) is 0.426. The lowest BCUT2D eigenvalue weighted by Crippen LogP contribution is -2.27. The van der Waals surface area contributed by atoms with Crippen LogP contribution in [0.3, 0.4) is 0 Å². The Bertz CT molecular complexity index is 1280. The van der Waals surface area contributed by atoms with Crippen molar-refractivity contribution in [3.8, 4) is 11.5 Å². The lowest BCUT2D eigenvalue weighted by molar-refractivity contribution is 0.0948. The molecular formula is C23H18Cl4N4O. The maximum atomic E-state index is 13.0. The first-order chi connectivity index (χ1) is 15.3. The van der Waals surface area contributed by atoms with E-state index in [-0.39, 0.29) is 5.91 Å². The van der Waals surface area contributed by atoms with E-state index >= 15 is 0 Å². The second-order valence-electron chi connectivity index (χ2n) is 7.14. The minimum atomic E-state index is -0.287. The summed E-state index contributed by atoms with van der Waals surface area (Å²) in [5.41, 5.74) is 2.55. The van der Waals surface area contributed by atoms with Crippen LogP contribution in [0.5, 0.6) is 0 Å². The molecule has 0 aliphatic rings. The van der Waals surface area contributed by atoms with Gasteiger partial charge < -0.3 is 9.88 Å². The fourth-order valence-corrected chi connectivity index (χ4v) is 4.41. The van der Waals surface area contributed by atoms with Gasteiger partial charge in [0.05, 0.1) is 10.7 Å². The van der Waals surface area contributed by atoms with Crippen LogP contribution in [0.25, 0.3) is 11.5 Å². The van der Waals surface area contributed by atoms with Gasteiger partial charge in [-0.3, -0.25) is 4.79 Å². The van der Waals surface area contributed by atoms with E-state index in [1.165, 1.54) is 0 Å². The van der Waals surface area contributed by atoms with Crippen LogP contribution in [-0.4, -0.2) is 26.8 Å². The van der Waals surface area contributed by atoms with E-state index in [2.05, 4.69) is 10.4 Å². The molecule has 164 valence electrons. The van der Waals surface area contributed by atoms with Gasteiger partial charge in [-0.25, -0.2) is 4.68 Å². The van der Waals surface area contributed by atoms with E-state index in [1.54, 1.807) is 35.0 Å². The number of benzene rings is 2. The highest BCUT2D eigenvalue weighted by molar-refractivity contribution is 6.36. The summed E-state index contributed by atoms with van der Waals surface area (Å²) >= 11 is 24.7. The molecule has 0 bridgehead atoms. The topological polar surface area (TPSA) is 51.9 Å². The Hall–Kier alpha value is -2.44. The number of amides is 1. The van der Waals surface area contributed by atoms with Crippen molar-refractivity contribution in [3.63, 3.8) is 0 Å². The van der Waals surface area contributed by atoms with Crippen molar-refractivity contribution in [2.45, 2.75) is 13.3 Å². The SMILES string of the molecule is Cc1c(C(=O)NCCc2ccc(Cl)cc2Cl)nn(-c2ccc(Cl)cc2Cl)c1-n1cccc1. The molecule has 0 fully saturated rings. The highest BCUT2D eigenvalue weighted by atomic mass is 35.5. The molecule has 9 heteroatoms. The molecule has 2 aromatic heterocycles. The van der Waals surface area contributed by atoms with Gasteiger partial charge in [0.1, 0.15) is 5.82 Å². The van der Waals surface area contributed by atoms with Gasteiger partial charge in [0, 0.05) is 39.6 Å². The molecule has 0 atom stereocenters. The lowest BCUT2D eigenvalue weighted by Gasteiger charge is -2.11. The van der Waals surface area contributed by atoms with Crippen LogP contribution in [0.15, 0.2) is 60.9 Å². The lowest BCUT2D eigenvalue weighted by atomic mass is 10.1. The Morgan fingerprint density at radius 1 is 0.969 bits per heavy atom. The first kappa shape index (κ1) is 22.7. The van der Waals surface area contributed by atoms with Gasteiger partial charge >= 0.3 is 0 Å². The van der Waals surface area contributed by atoms with Gasteiger partial charge in [-0.05, 0) is 61.4 Å². The molecule has 0 saturated heterocycles. The molecular weight excluding hydrogens is 490 g/mol. The van der Waals surface area contributed by atoms with E-state index < -0.39 is 0 Å². The Balaban J connectivity index is 1.63. The van der Waals surface area contributed by atoms with E-state index in [0.717, 1.165) is 5.56 Å². The van der Waals surface area contributed by atoms with Gasteiger partial charge in [0.25, 0.3) is 5.91 Å². The monoisotopic (exact) mass is 506 g/mol. The zero-order valence-corrected chi connectivity index (χ0v) is 20.0. The number of carbonyl (C=O) groups is 1. The maximum Gasteiger partial charge on any atom is 0.272 e. The summed E-state index contributed by atoms with van der Waals surface area (Å²) in [7, 11) is 0. The normalized spacial score (nSPS) is 11.0. The van der Waals surface area contributed by atoms with E-state index in [4.69, 9.17) is 46.4 Å². The molecule has 1 N–H and O–H groups in total. The van der Waals surface area contributed by atoms with Crippen molar-refractivity contribution in [2.75, 3.05) is 6.54 Å². The molecule has 0 radical (unpaired) electrons. The van der Waals surface area contributed by atoms with Crippen molar-refractivity contribution in [1.82, 2.24) is 19.7 Å². The summed E-state index contributed by atoms with van der Waals surface area (Å²) in [5, 5.41) is 9.60. The Labute approximate surface area is 205 Å². The smallest absolute Gasteiger partial charge is 0.272 e. The third-order valence-electron chi connectivity index (χ3n) is 4.99. The van der Waals surface area contributed by atoms with Crippen LogP contribution in [0, 0.1) is 6.92 Å². The third-order valence-corrected chi connectivity index (χ3v) is 6.11. The van der Waals surface area contributed by atoms with Gasteiger partial charge in [0.15, 0.2) is 5.69 Å². The minimum Gasteiger partial charge on any atom is -0.350 e. The van der Waals surface area contributed by atoms with Gasteiger partial charge in [-0.1, -0.05) is 52.5 Å². The number of halogens is 4. The molecule has 0 unspecified atom stereocenters. The van der Waals surface area contributed by atoms with Gasteiger partial charge in [0.2, 0.25) is 0 Å².